The van der Waals surface area contributed by atoms with Crippen LogP contribution in [0.15, 0.2) is 54.6 Å². The molecule has 1 aliphatic carbocycles. The maximum absolute atomic E-state index is 9.66. The Balaban J connectivity index is 1.70. The molecular weight excluding hydrogens is 260 g/mol. The van der Waals surface area contributed by atoms with E-state index in [1.165, 1.54) is 11.1 Å². The minimum absolute atomic E-state index is 0.112. The monoisotopic (exact) mass is 282 g/mol. The van der Waals surface area contributed by atoms with E-state index in [9.17, 15) is 5.11 Å². The molecular formula is C19H22O2. The Morgan fingerprint density at radius 1 is 0.857 bits per heavy atom. The highest BCUT2D eigenvalue weighted by molar-refractivity contribution is 5.36. The van der Waals surface area contributed by atoms with Gasteiger partial charge in [0.2, 0.25) is 0 Å². The lowest BCUT2D eigenvalue weighted by Gasteiger charge is -2.27. The molecule has 1 fully saturated rings. The van der Waals surface area contributed by atoms with Crippen molar-refractivity contribution in [3.05, 3.63) is 65.7 Å². The van der Waals surface area contributed by atoms with Crippen molar-refractivity contribution in [2.24, 2.45) is 0 Å². The van der Waals surface area contributed by atoms with Crippen molar-refractivity contribution in [2.75, 3.05) is 0 Å². The summed E-state index contributed by atoms with van der Waals surface area (Å²) in [6, 6.07) is 18.6. The molecule has 0 amide bonds. The summed E-state index contributed by atoms with van der Waals surface area (Å²) < 4.78 is 6.04. The van der Waals surface area contributed by atoms with Crippen molar-refractivity contribution in [1.29, 1.82) is 0 Å². The van der Waals surface area contributed by atoms with Gasteiger partial charge in [-0.05, 0) is 48.8 Å². The zero-order chi connectivity index (χ0) is 14.5. The molecule has 0 saturated heterocycles. The molecule has 0 aromatic heterocycles. The van der Waals surface area contributed by atoms with Crippen molar-refractivity contribution in [1.82, 2.24) is 0 Å². The number of aliphatic hydroxyl groups is 1. The molecule has 0 unspecified atom stereocenters. The van der Waals surface area contributed by atoms with E-state index in [0.717, 1.165) is 31.4 Å². The second-order valence-corrected chi connectivity index (χ2v) is 5.82. The summed E-state index contributed by atoms with van der Waals surface area (Å²) in [4.78, 5) is 0. The van der Waals surface area contributed by atoms with Crippen molar-refractivity contribution in [3.8, 4) is 5.75 Å². The molecule has 3 rings (SSSR count). The molecule has 0 radical (unpaired) electrons. The fourth-order valence-electron chi connectivity index (χ4n) is 3.07. The van der Waals surface area contributed by atoms with Crippen LogP contribution in [0.1, 0.15) is 42.7 Å². The molecule has 0 atom stereocenters. The Kier molecular flexibility index (Phi) is 4.56. The van der Waals surface area contributed by atoms with E-state index >= 15 is 0 Å². The van der Waals surface area contributed by atoms with Gasteiger partial charge >= 0.3 is 0 Å². The van der Waals surface area contributed by atoms with Crippen LogP contribution >= 0.6 is 0 Å². The zero-order valence-electron chi connectivity index (χ0n) is 12.2. The minimum atomic E-state index is -0.112. The molecule has 2 aromatic carbocycles. The summed E-state index contributed by atoms with van der Waals surface area (Å²) in [5.74, 6) is 1.50. The van der Waals surface area contributed by atoms with Crippen LogP contribution in [0.25, 0.3) is 0 Å². The van der Waals surface area contributed by atoms with Crippen LogP contribution in [-0.4, -0.2) is 11.2 Å². The first-order valence-electron chi connectivity index (χ1n) is 7.76. The third-order valence-electron chi connectivity index (χ3n) is 4.29. The number of rotatable bonds is 4. The van der Waals surface area contributed by atoms with Crippen molar-refractivity contribution in [2.45, 2.75) is 44.3 Å². The maximum atomic E-state index is 9.66. The molecule has 0 aliphatic heterocycles. The SMILES string of the molecule is OC1CCC(c2ccccc2OCc2ccccc2)CC1. The van der Waals surface area contributed by atoms with E-state index in [0.29, 0.717) is 12.5 Å². The van der Waals surface area contributed by atoms with E-state index in [1.807, 2.05) is 24.3 Å². The minimum Gasteiger partial charge on any atom is -0.489 e. The van der Waals surface area contributed by atoms with Gasteiger partial charge < -0.3 is 9.84 Å². The molecule has 1 aliphatic rings. The van der Waals surface area contributed by atoms with Crippen LogP contribution in [0.4, 0.5) is 0 Å². The summed E-state index contributed by atoms with van der Waals surface area (Å²) in [5.41, 5.74) is 2.48. The molecule has 2 heteroatoms. The smallest absolute Gasteiger partial charge is 0.123 e. The summed E-state index contributed by atoms with van der Waals surface area (Å²) in [6.45, 7) is 0.604. The predicted molar refractivity (Wildman–Crippen MR) is 84.4 cm³/mol. The molecule has 110 valence electrons. The lowest BCUT2D eigenvalue weighted by Crippen LogP contribution is -2.17. The second kappa shape index (κ2) is 6.77. The number of benzene rings is 2. The van der Waals surface area contributed by atoms with Crippen LogP contribution in [0.3, 0.4) is 0 Å². The molecule has 1 N–H and O–H groups in total. The van der Waals surface area contributed by atoms with Crippen molar-refractivity contribution >= 4 is 0 Å². The Hall–Kier alpha value is -1.80. The first-order valence-corrected chi connectivity index (χ1v) is 7.76. The zero-order valence-corrected chi connectivity index (χ0v) is 12.2. The lowest BCUT2D eigenvalue weighted by atomic mass is 9.82. The molecule has 21 heavy (non-hydrogen) atoms. The fourth-order valence-corrected chi connectivity index (χ4v) is 3.07. The van der Waals surface area contributed by atoms with Crippen LogP contribution in [0, 0.1) is 0 Å². The first-order chi connectivity index (χ1) is 10.3. The normalized spacial score (nSPS) is 22.0. The number of hydrogen-bond donors (Lipinski definition) is 1. The Bertz CT molecular complexity index is 557. The van der Waals surface area contributed by atoms with Crippen molar-refractivity contribution < 1.29 is 9.84 Å². The van der Waals surface area contributed by atoms with Gasteiger partial charge in [-0.2, -0.15) is 0 Å². The average molecular weight is 282 g/mol. The predicted octanol–water partition coefficient (Wildman–Crippen LogP) is 4.28. The van der Waals surface area contributed by atoms with Gasteiger partial charge in [0.25, 0.3) is 0 Å². The van der Waals surface area contributed by atoms with Gasteiger partial charge in [-0.3, -0.25) is 0 Å². The van der Waals surface area contributed by atoms with Crippen LogP contribution < -0.4 is 4.74 Å². The maximum Gasteiger partial charge on any atom is 0.123 e. The van der Waals surface area contributed by atoms with Crippen LogP contribution in [-0.2, 0) is 6.61 Å². The van der Waals surface area contributed by atoms with E-state index < -0.39 is 0 Å². The standard InChI is InChI=1S/C19H22O2/c20-17-12-10-16(11-13-17)18-8-4-5-9-19(18)21-14-15-6-2-1-3-7-15/h1-9,16-17,20H,10-14H2. The van der Waals surface area contributed by atoms with E-state index in [-0.39, 0.29) is 6.10 Å². The third kappa shape index (κ3) is 3.64. The van der Waals surface area contributed by atoms with Crippen LogP contribution in [0.2, 0.25) is 0 Å². The van der Waals surface area contributed by atoms with Gasteiger partial charge in [0.1, 0.15) is 12.4 Å². The highest BCUT2D eigenvalue weighted by Crippen LogP contribution is 2.37. The summed E-state index contributed by atoms with van der Waals surface area (Å²) in [7, 11) is 0. The summed E-state index contributed by atoms with van der Waals surface area (Å²) in [6.07, 6.45) is 3.79. The van der Waals surface area contributed by atoms with Crippen molar-refractivity contribution in [3.63, 3.8) is 0 Å². The number of ether oxygens (including phenoxy) is 1. The first kappa shape index (κ1) is 14.2. The van der Waals surface area contributed by atoms with E-state index in [4.69, 9.17) is 4.74 Å². The quantitative estimate of drug-likeness (QED) is 0.906. The van der Waals surface area contributed by atoms with Gasteiger partial charge in [0.05, 0.1) is 6.10 Å². The Labute approximate surface area is 126 Å². The van der Waals surface area contributed by atoms with Crippen LogP contribution in [0.5, 0.6) is 5.75 Å². The van der Waals surface area contributed by atoms with Gasteiger partial charge in [-0.15, -0.1) is 0 Å². The number of hydrogen-bond acceptors (Lipinski definition) is 2. The Morgan fingerprint density at radius 3 is 2.29 bits per heavy atom. The van der Waals surface area contributed by atoms with E-state index in [2.05, 4.69) is 30.3 Å². The third-order valence-corrected chi connectivity index (χ3v) is 4.29. The Morgan fingerprint density at radius 2 is 1.52 bits per heavy atom. The highest BCUT2D eigenvalue weighted by atomic mass is 16.5. The van der Waals surface area contributed by atoms with Gasteiger partial charge in [0.15, 0.2) is 0 Å². The van der Waals surface area contributed by atoms with Gasteiger partial charge in [-0.25, -0.2) is 0 Å². The average Bonchev–Trinajstić information content (AvgIpc) is 2.55. The molecule has 0 heterocycles. The largest absolute Gasteiger partial charge is 0.489 e. The number of aliphatic hydroxyl groups excluding tert-OH is 1. The summed E-state index contributed by atoms with van der Waals surface area (Å²) in [5, 5.41) is 9.66. The van der Waals surface area contributed by atoms with Gasteiger partial charge in [0, 0.05) is 0 Å². The molecule has 0 bridgehead atoms. The highest BCUT2D eigenvalue weighted by Gasteiger charge is 2.23. The molecule has 2 nitrogen and oxygen atoms in total. The topological polar surface area (TPSA) is 29.5 Å². The molecule has 1 saturated carbocycles. The van der Waals surface area contributed by atoms with Gasteiger partial charge in [-0.1, -0.05) is 48.5 Å². The molecule has 2 aromatic rings. The molecule has 0 spiro atoms. The number of para-hydroxylation sites is 1. The summed E-state index contributed by atoms with van der Waals surface area (Å²) >= 11 is 0. The lowest BCUT2D eigenvalue weighted by molar-refractivity contribution is 0.122. The second-order valence-electron chi connectivity index (χ2n) is 5.82. The van der Waals surface area contributed by atoms with E-state index in [1.54, 1.807) is 0 Å². The fraction of sp³-hybridized carbons (Fsp3) is 0.368.